The summed E-state index contributed by atoms with van der Waals surface area (Å²) in [6.07, 6.45) is 1.72. The van der Waals surface area contributed by atoms with Gasteiger partial charge in [0, 0.05) is 0 Å². The lowest BCUT2D eigenvalue weighted by Crippen LogP contribution is -2.27. The second-order valence-electron chi connectivity index (χ2n) is 2.67. The molecule has 2 rings (SSSR count). The molecule has 1 aromatic carbocycles. The lowest BCUT2D eigenvalue weighted by Gasteiger charge is -1.91. The Labute approximate surface area is 77.1 Å². The highest BCUT2D eigenvalue weighted by Crippen LogP contribution is 2.22. The van der Waals surface area contributed by atoms with Gasteiger partial charge in [0.15, 0.2) is 12.9 Å². The summed E-state index contributed by atoms with van der Waals surface area (Å²) < 4.78 is 15.5. The molecule has 0 radical (unpaired) electrons. The Morgan fingerprint density at radius 2 is 2.25 bits per heavy atom. The molecule has 0 saturated heterocycles. The standard InChI is InChI=1S/C8H6BrFN2/c1-12-4-5-7(11-12)3-2-6(9)8(5)10/h2-4H,1H3/p+1. The van der Waals surface area contributed by atoms with Gasteiger partial charge in [-0.15, -0.1) is 4.68 Å². The molecule has 0 saturated carbocycles. The van der Waals surface area contributed by atoms with Gasteiger partial charge in [0.25, 0.3) is 0 Å². The smallest absolute Gasteiger partial charge is 0.205 e. The summed E-state index contributed by atoms with van der Waals surface area (Å²) >= 11 is 3.13. The third-order valence-corrected chi connectivity index (χ3v) is 2.36. The van der Waals surface area contributed by atoms with Crippen LogP contribution in [0.25, 0.3) is 10.9 Å². The molecule has 12 heavy (non-hydrogen) atoms. The summed E-state index contributed by atoms with van der Waals surface area (Å²) in [6.45, 7) is 0. The van der Waals surface area contributed by atoms with Crippen LogP contribution in [-0.2, 0) is 7.05 Å². The van der Waals surface area contributed by atoms with Gasteiger partial charge in [0.1, 0.15) is 10.9 Å². The molecule has 1 N–H and O–H groups in total. The monoisotopic (exact) mass is 229 g/mol. The van der Waals surface area contributed by atoms with Gasteiger partial charge < -0.3 is 0 Å². The minimum absolute atomic E-state index is 0.218. The van der Waals surface area contributed by atoms with Crippen LogP contribution in [0.2, 0.25) is 0 Å². The van der Waals surface area contributed by atoms with E-state index in [2.05, 4.69) is 21.0 Å². The molecule has 1 aromatic heterocycles. The van der Waals surface area contributed by atoms with Gasteiger partial charge in [0.2, 0.25) is 6.20 Å². The number of nitrogens with one attached hydrogen (secondary N) is 1. The van der Waals surface area contributed by atoms with Crippen LogP contribution in [0.15, 0.2) is 22.8 Å². The van der Waals surface area contributed by atoms with Gasteiger partial charge in [0.05, 0.1) is 4.47 Å². The van der Waals surface area contributed by atoms with Crippen LogP contribution < -0.4 is 4.68 Å². The van der Waals surface area contributed by atoms with Crippen molar-refractivity contribution in [1.82, 2.24) is 5.10 Å². The number of benzene rings is 1. The van der Waals surface area contributed by atoms with Gasteiger partial charge in [-0.05, 0) is 28.1 Å². The number of aromatic amines is 1. The lowest BCUT2D eigenvalue weighted by atomic mass is 10.2. The van der Waals surface area contributed by atoms with Crippen molar-refractivity contribution >= 4 is 26.8 Å². The van der Waals surface area contributed by atoms with Crippen molar-refractivity contribution in [3.8, 4) is 0 Å². The molecule has 62 valence electrons. The van der Waals surface area contributed by atoms with Crippen molar-refractivity contribution in [2.24, 2.45) is 7.05 Å². The van der Waals surface area contributed by atoms with Crippen molar-refractivity contribution < 1.29 is 9.07 Å². The Kier molecular flexibility index (Phi) is 1.65. The van der Waals surface area contributed by atoms with Crippen molar-refractivity contribution in [1.29, 1.82) is 0 Å². The van der Waals surface area contributed by atoms with Gasteiger partial charge in [-0.2, -0.15) is 5.10 Å². The summed E-state index contributed by atoms with van der Waals surface area (Å²) in [4.78, 5) is 0. The normalized spacial score (nSPS) is 10.9. The first-order valence-corrected chi connectivity index (χ1v) is 4.30. The molecule has 4 heteroatoms. The number of aromatic nitrogens is 2. The molecular formula is C8H7BrFN2+. The molecule has 0 aliphatic carbocycles. The zero-order chi connectivity index (χ0) is 8.72. The number of hydrogen-bond donors (Lipinski definition) is 1. The molecule has 0 aliphatic rings. The number of H-pyrrole nitrogens is 1. The van der Waals surface area contributed by atoms with E-state index < -0.39 is 0 Å². The quantitative estimate of drug-likeness (QED) is 0.667. The fourth-order valence-electron chi connectivity index (χ4n) is 1.21. The van der Waals surface area contributed by atoms with E-state index in [0.717, 1.165) is 5.52 Å². The van der Waals surface area contributed by atoms with E-state index in [0.29, 0.717) is 9.86 Å². The molecule has 0 aliphatic heterocycles. The first kappa shape index (κ1) is 7.73. The zero-order valence-corrected chi connectivity index (χ0v) is 8.02. The van der Waals surface area contributed by atoms with Gasteiger partial charge in [-0.3, -0.25) is 0 Å². The van der Waals surface area contributed by atoms with Gasteiger partial charge >= 0.3 is 0 Å². The average molecular weight is 230 g/mol. The van der Waals surface area contributed by atoms with Crippen molar-refractivity contribution in [2.75, 3.05) is 0 Å². The minimum Gasteiger partial charge on any atom is -0.205 e. The second-order valence-corrected chi connectivity index (χ2v) is 3.53. The molecule has 1 heterocycles. The summed E-state index contributed by atoms with van der Waals surface area (Å²) in [5, 5.41) is 3.59. The van der Waals surface area contributed by atoms with Crippen molar-refractivity contribution in [3.05, 3.63) is 28.6 Å². The third kappa shape index (κ3) is 1.03. The number of nitrogens with zero attached hydrogens (tertiary/aromatic N) is 1. The van der Waals surface area contributed by atoms with Crippen LogP contribution in [0.4, 0.5) is 4.39 Å². The fourth-order valence-corrected chi connectivity index (χ4v) is 1.55. The van der Waals surface area contributed by atoms with Crippen LogP contribution in [-0.4, -0.2) is 5.10 Å². The van der Waals surface area contributed by atoms with Crippen LogP contribution in [0.3, 0.4) is 0 Å². The van der Waals surface area contributed by atoms with Crippen LogP contribution >= 0.6 is 15.9 Å². The maximum absolute atomic E-state index is 13.3. The molecule has 0 amide bonds. The molecule has 2 aromatic rings. The number of fused-ring (bicyclic) bond motifs is 1. The number of hydrogen-bond acceptors (Lipinski definition) is 0. The summed E-state index contributed by atoms with van der Waals surface area (Å²) in [5.41, 5.74) is 0.804. The predicted octanol–water partition coefficient (Wildman–Crippen LogP) is 1.89. The molecule has 0 atom stereocenters. The molecule has 0 fully saturated rings. The van der Waals surface area contributed by atoms with Crippen molar-refractivity contribution in [3.63, 3.8) is 0 Å². The van der Waals surface area contributed by atoms with Gasteiger partial charge in [-0.25, -0.2) is 4.39 Å². The maximum Gasteiger partial charge on any atom is 0.205 e. The van der Waals surface area contributed by atoms with E-state index in [4.69, 9.17) is 0 Å². The molecule has 0 unspecified atom stereocenters. The highest BCUT2D eigenvalue weighted by molar-refractivity contribution is 9.10. The first-order valence-electron chi connectivity index (χ1n) is 3.51. The molecule has 2 nitrogen and oxygen atoms in total. The number of rotatable bonds is 0. The van der Waals surface area contributed by atoms with Crippen LogP contribution in [0.1, 0.15) is 0 Å². The Hall–Kier alpha value is -0.900. The van der Waals surface area contributed by atoms with E-state index in [9.17, 15) is 4.39 Å². The summed E-state index contributed by atoms with van der Waals surface area (Å²) in [5.74, 6) is -0.218. The summed E-state index contributed by atoms with van der Waals surface area (Å²) in [7, 11) is 1.83. The Morgan fingerprint density at radius 3 is 3.00 bits per heavy atom. The fraction of sp³-hybridized carbons (Fsp3) is 0.125. The summed E-state index contributed by atoms with van der Waals surface area (Å²) in [6, 6.07) is 3.52. The maximum atomic E-state index is 13.3. The van der Waals surface area contributed by atoms with E-state index >= 15 is 0 Å². The predicted molar refractivity (Wildman–Crippen MR) is 47.1 cm³/mol. The van der Waals surface area contributed by atoms with Gasteiger partial charge in [-0.1, -0.05) is 0 Å². The van der Waals surface area contributed by atoms with E-state index in [1.807, 2.05) is 13.1 Å². The SMILES string of the molecule is C[n+]1cc2c(F)c(Br)ccc2[nH]1. The molecule has 0 spiro atoms. The largest absolute Gasteiger partial charge is 0.205 e. The van der Waals surface area contributed by atoms with Crippen LogP contribution in [0.5, 0.6) is 0 Å². The van der Waals surface area contributed by atoms with E-state index in [-0.39, 0.29) is 5.82 Å². The zero-order valence-electron chi connectivity index (χ0n) is 6.44. The van der Waals surface area contributed by atoms with Crippen molar-refractivity contribution in [2.45, 2.75) is 0 Å². The third-order valence-electron chi connectivity index (χ3n) is 1.75. The first-order chi connectivity index (χ1) is 5.68. The second kappa shape index (κ2) is 2.55. The Bertz CT molecular complexity index is 436. The average Bonchev–Trinajstić information content (AvgIpc) is 2.39. The Morgan fingerprint density at radius 1 is 1.50 bits per heavy atom. The highest BCUT2D eigenvalue weighted by atomic mass is 79.9. The highest BCUT2D eigenvalue weighted by Gasteiger charge is 2.10. The van der Waals surface area contributed by atoms with E-state index in [1.54, 1.807) is 16.9 Å². The van der Waals surface area contributed by atoms with E-state index in [1.165, 1.54) is 0 Å². The lowest BCUT2D eigenvalue weighted by molar-refractivity contribution is -0.724. The van der Waals surface area contributed by atoms with Crippen LogP contribution in [0, 0.1) is 5.82 Å². The topological polar surface area (TPSA) is 19.7 Å². The minimum atomic E-state index is -0.218. The molecule has 0 bridgehead atoms. The Balaban J connectivity index is 2.89. The number of aryl methyl sites for hydroxylation is 1. The number of halogens is 2. The molecular weight excluding hydrogens is 223 g/mol.